The monoisotopic (exact) mass is 208 g/mol. The molecule has 15 heavy (non-hydrogen) atoms. The molecule has 3 fully saturated rings. The number of rotatable bonds is 5. The van der Waals surface area contributed by atoms with Crippen molar-refractivity contribution >= 4 is 0 Å². The highest BCUT2D eigenvalue weighted by molar-refractivity contribution is 4.96. The molecule has 2 aliphatic carbocycles. The van der Waals surface area contributed by atoms with Crippen LogP contribution in [0.4, 0.5) is 0 Å². The van der Waals surface area contributed by atoms with E-state index < -0.39 is 0 Å². The first kappa shape index (κ1) is 10.1. The van der Waals surface area contributed by atoms with Crippen LogP contribution in [-0.2, 0) is 0 Å². The summed E-state index contributed by atoms with van der Waals surface area (Å²) in [6, 6.07) is 1.75. The number of nitrogens with zero attached hydrogens (tertiary/aromatic N) is 1. The summed E-state index contributed by atoms with van der Waals surface area (Å²) < 4.78 is 0. The summed E-state index contributed by atoms with van der Waals surface area (Å²) in [4.78, 5) is 2.78. The van der Waals surface area contributed by atoms with Crippen molar-refractivity contribution in [3.63, 3.8) is 0 Å². The highest BCUT2D eigenvalue weighted by Gasteiger charge is 2.40. The van der Waals surface area contributed by atoms with Gasteiger partial charge in [0.1, 0.15) is 0 Å². The zero-order valence-electron chi connectivity index (χ0n) is 9.91. The van der Waals surface area contributed by atoms with E-state index in [1.807, 2.05) is 0 Å². The molecule has 0 aromatic rings. The quantitative estimate of drug-likeness (QED) is 0.742. The first-order chi connectivity index (χ1) is 7.36. The maximum Gasteiger partial charge on any atom is 0.0223 e. The molecule has 0 aromatic carbocycles. The van der Waals surface area contributed by atoms with Crippen molar-refractivity contribution in [3.05, 3.63) is 0 Å². The topological polar surface area (TPSA) is 15.3 Å². The molecular weight excluding hydrogens is 184 g/mol. The molecule has 1 saturated heterocycles. The van der Waals surface area contributed by atoms with Crippen LogP contribution in [0.15, 0.2) is 0 Å². The summed E-state index contributed by atoms with van der Waals surface area (Å²) in [6.45, 7) is 6.12. The second-order valence-electron chi connectivity index (χ2n) is 5.79. The highest BCUT2D eigenvalue weighted by Crippen LogP contribution is 2.39. The van der Waals surface area contributed by atoms with Gasteiger partial charge in [0.05, 0.1) is 0 Å². The third kappa shape index (κ3) is 2.07. The predicted molar refractivity (Wildman–Crippen MR) is 62.9 cm³/mol. The summed E-state index contributed by atoms with van der Waals surface area (Å²) in [7, 11) is 0. The minimum atomic E-state index is 0.800. The Morgan fingerprint density at radius 1 is 1.27 bits per heavy atom. The van der Waals surface area contributed by atoms with E-state index in [4.69, 9.17) is 0 Å². The van der Waals surface area contributed by atoms with Crippen molar-refractivity contribution in [2.45, 2.75) is 51.1 Å². The van der Waals surface area contributed by atoms with Crippen molar-refractivity contribution in [2.75, 3.05) is 19.6 Å². The van der Waals surface area contributed by atoms with E-state index in [2.05, 4.69) is 17.1 Å². The number of piperidine rings is 1. The lowest BCUT2D eigenvalue weighted by Gasteiger charge is -2.31. The van der Waals surface area contributed by atoms with Crippen LogP contribution in [0.2, 0.25) is 0 Å². The van der Waals surface area contributed by atoms with Gasteiger partial charge in [0.15, 0.2) is 0 Å². The Morgan fingerprint density at radius 3 is 2.67 bits per heavy atom. The fraction of sp³-hybridized carbons (Fsp3) is 1.00. The van der Waals surface area contributed by atoms with E-state index in [9.17, 15) is 0 Å². The summed E-state index contributed by atoms with van der Waals surface area (Å²) in [5.74, 6) is 2.06. The van der Waals surface area contributed by atoms with Crippen molar-refractivity contribution in [1.29, 1.82) is 0 Å². The largest absolute Gasteiger partial charge is 0.313 e. The number of likely N-dealkylation sites (N-methyl/N-ethyl adjacent to an activating group) is 1. The van der Waals surface area contributed by atoms with E-state index in [0.717, 1.165) is 30.5 Å². The number of nitrogens with one attached hydrogen (secondary N) is 1. The van der Waals surface area contributed by atoms with Crippen LogP contribution in [0.3, 0.4) is 0 Å². The minimum absolute atomic E-state index is 0.800. The molecule has 0 aromatic heterocycles. The molecule has 1 heterocycles. The molecule has 1 aliphatic heterocycles. The molecule has 2 saturated carbocycles. The maximum absolute atomic E-state index is 3.69. The number of likely N-dealkylation sites (tertiary alicyclic amines) is 1. The lowest BCUT2D eigenvalue weighted by molar-refractivity contribution is 0.184. The fourth-order valence-electron chi connectivity index (χ4n) is 3.64. The molecule has 0 radical (unpaired) electrons. The molecule has 2 bridgehead atoms. The van der Waals surface area contributed by atoms with E-state index in [1.165, 1.54) is 45.2 Å². The highest BCUT2D eigenvalue weighted by atomic mass is 15.2. The van der Waals surface area contributed by atoms with Crippen molar-refractivity contribution in [2.24, 2.45) is 11.8 Å². The van der Waals surface area contributed by atoms with Crippen molar-refractivity contribution in [1.82, 2.24) is 10.2 Å². The van der Waals surface area contributed by atoms with Crippen LogP contribution in [0.25, 0.3) is 0 Å². The van der Waals surface area contributed by atoms with Crippen molar-refractivity contribution < 1.29 is 0 Å². The van der Waals surface area contributed by atoms with Gasteiger partial charge in [0, 0.05) is 25.2 Å². The number of hydrogen-bond acceptors (Lipinski definition) is 2. The predicted octanol–water partition coefficient (Wildman–Crippen LogP) is 1.86. The Balaban J connectivity index is 1.54. The molecule has 1 N–H and O–H groups in total. The van der Waals surface area contributed by atoms with Gasteiger partial charge in [-0.15, -0.1) is 0 Å². The molecular formula is C13H24N2. The minimum Gasteiger partial charge on any atom is -0.313 e. The number of fused-ring (bicyclic) bond motifs is 2. The number of hydrogen-bond donors (Lipinski definition) is 1. The Hall–Kier alpha value is -0.0800. The van der Waals surface area contributed by atoms with Gasteiger partial charge in [0.2, 0.25) is 0 Å². The van der Waals surface area contributed by atoms with Gasteiger partial charge < -0.3 is 5.32 Å². The molecule has 86 valence electrons. The van der Waals surface area contributed by atoms with Crippen molar-refractivity contribution in [3.8, 4) is 0 Å². The third-order valence-corrected chi connectivity index (χ3v) is 4.61. The van der Waals surface area contributed by atoms with Gasteiger partial charge in [-0.3, -0.25) is 4.90 Å². The van der Waals surface area contributed by atoms with Crippen LogP contribution in [0, 0.1) is 11.8 Å². The molecule has 3 rings (SSSR count). The van der Waals surface area contributed by atoms with E-state index >= 15 is 0 Å². The Bertz CT molecular complexity index is 225. The first-order valence-corrected chi connectivity index (χ1v) is 6.84. The smallest absolute Gasteiger partial charge is 0.0223 e. The Labute approximate surface area is 93.4 Å². The van der Waals surface area contributed by atoms with Crippen LogP contribution in [0.5, 0.6) is 0 Å². The summed E-state index contributed by atoms with van der Waals surface area (Å²) in [6.07, 6.45) is 7.44. The Kier molecular flexibility index (Phi) is 2.73. The van der Waals surface area contributed by atoms with Crippen LogP contribution < -0.4 is 5.32 Å². The van der Waals surface area contributed by atoms with Gasteiger partial charge >= 0.3 is 0 Å². The Morgan fingerprint density at radius 2 is 2.13 bits per heavy atom. The normalized spacial score (nSPS) is 37.4. The van der Waals surface area contributed by atoms with E-state index in [1.54, 1.807) is 0 Å². The first-order valence-electron chi connectivity index (χ1n) is 6.84. The van der Waals surface area contributed by atoms with Gasteiger partial charge in [-0.2, -0.15) is 0 Å². The second-order valence-corrected chi connectivity index (χ2v) is 5.79. The lowest BCUT2D eigenvalue weighted by Crippen LogP contribution is -2.45. The average Bonchev–Trinajstić information content (AvgIpc) is 2.89. The zero-order chi connectivity index (χ0) is 10.3. The van der Waals surface area contributed by atoms with Crippen LogP contribution in [0.1, 0.15) is 39.0 Å². The lowest BCUT2D eigenvalue weighted by atomic mass is 10.1. The molecule has 3 unspecified atom stereocenters. The van der Waals surface area contributed by atoms with Crippen LogP contribution >= 0.6 is 0 Å². The summed E-state index contributed by atoms with van der Waals surface area (Å²) in [5, 5.41) is 3.69. The van der Waals surface area contributed by atoms with Gasteiger partial charge in [0.25, 0.3) is 0 Å². The fourth-order valence-corrected chi connectivity index (χ4v) is 3.64. The summed E-state index contributed by atoms with van der Waals surface area (Å²) >= 11 is 0. The van der Waals surface area contributed by atoms with Crippen LogP contribution in [-0.4, -0.2) is 36.6 Å². The van der Waals surface area contributed by atoms with Gasteiger partial charge in [-0.25, -0.2) is 0 Å². The molecule has 2 nitrogen and oxygen atoms in total. The molecule has 2 heteroatoms. The average molecular weight is 208 g/mol. The maximum atomic E-state index is 3.69. The van der Waals surface area contributed by atoms with Gasteiger partial charge in [-0.1, -0.05) is 6.92 Å². The summed E-state index contributed by atoms with van der Waals surface area (Å²) in [5.41, 5.74) is 0. The zero-order valence-corrected chi connectivity index (χ0v) is 9.91. The van der Waals surface area contributed by atoms with E-state index in [0.29, 0.717) is 0 Å². The second kappa shape index (κ2) is 4.06. The van der Waals surface area contributed by atoms with E-state index in [-0.39, 0.29) is 0 Å². The molecule has 3 atom stereocenters. The molecule has 0 amide bonds. The molecule has 0 spiro atoms. The van der Waals surface area contributed by atoms with Gasteiger partial charge in [-0.05, 0) is 50.5 Å². The molecule has 3 aliphatic rings. The standard InChI is InChI=1S/C13H24N2/c1-2-14-13(11-4-5-11)9-15-8-10-3-6-12(15)7-10/h10-14H,2-9H2,1H3. The SMILES string of the molecule is CCNC(CN1CC2CCC1C2)C1CC1. The third-order valence-electron chi connectivity index (χ3n) is 4.61.